The lowest BCUT2D eigenvalue weighted by atomic mass is 10.1. The van der Waals surface area contributed by atoms with E-state index < -0.39 is 0 Å². The predicted molar refractivity (Wildman–Crippen MR) is 68.4 cm³/mol. The number of ether oxygens (including phenoxy) is 1. The summed E-state index contributed by atoms with van der Waals surface area (Å²) in [6, 6.07) is 5.80. The minimum Gasteiger partial charge on any atom is -0.486 e. The maximum atomic E-state index is 8.88. The standard InChI is InChI=1S/C13H14N4O2/c1-17-13(14-8-15-17)7-19-10-3-4-11-9(6-10)2-5-12(11)16-18/h3-4,6,8,18H,2,5,7H2,1H3/b16-12+. The summed E-state index contributed by atoms with van der Waals surface area (Å²) in [6.45, 7) is 0.385. The van der Waals surface area contributed by atoms with Crippen molar-refractivity contribution in [1.82, 2.24) is 14.8 Å². The van der Waals surface area contributed by atoms with Crippen LogP contribution < -0.4 is 4.74 Å². The van der Waals surface area contributed by atoms with Crippen LogP contribution in [0.15, 0.2) is 29.7 Å². The van der Waals surface area contributed by atoms with Crippen LogP contribution in [0, 0.1) is 0 Å². The van der Waals surface area contributed by atoms with Crippen LogP contribution in [0.4, 0.5) is 0 Å². The summed E-state index contributed by atoms with van der Waals surface area (Å²) in [5.41, 5.74) is 2.91. The van der Waals surface area contributed by atoms with E-state index in [0.717, 1.165) is 41.3 Å². The SMILES string of the molecule is Cn1ncnc1COc1ccc2c(c1)CC/C2=N\O. The normalized spacial score (nSPS) is 15.7. The van der Waals surface area contributed by atoms with E-state index in [2.05, 4.69) is 15.2 Å². The van der Waals surface area contributed by atoms with Crippen LogP contribution in [0.3, 0.4) is 0 Å². The second-order valence-electron chi connectivity index (χ2n) is 4.45. The van der Waals surface area contributed by atoms with Crippen molar-refractivity contribution in [2.24, 2.45) is 12.2 Å². The molecule has 0 atom stereocenters. The number of fused-ring (bicyclic) bond motifs is 1. The van der Waals surface area contributed by atoms with E-state index in [4.69, 9.17) is 9.94 Å². The minimum absolute atomic E-state index is 0.385. The predicted octanol–water partition coefficient (Wildman–Crippen LogP) is 1.52. The average Bonchev–Trinajstić information content (AvgIpc) is 3.01. The lowest BCUT2D eigenvalue weighted by Gasteiger charge is -2.07. The Morgan fingerprint density at radius 3 is 3.05 bits per heavy atom. The van der Waals surface area contributed by atoms with Crippen LogP contribution in [0.2, 0.25) is 0 Å². The van der Waals surface area contributed by atoms with Gasteiger partial charge in [0.1, 0.15) is 18.7 Å². The van der Waals surface area contributed by atoms with Gasteiger partial charge in [0.2, 0.25) is 0 Å². The lowest BCUT2D eigenvalue weighted by Crippen LogP contribution is -2.04. The summed E-state index contributed by atoms with van der Waals surface area (Å²) >= 11 is 0. The smallest absolute Gasteiger partial charge is 0.164 e. The number of aromatic nitrogens is 3. The second kappa shape index (κ2) is 4.72. The monoisotopic (exact) mass is 258 g/mol. The summed E-state index contributed by atoms with van der Waals surface area (Å²) in [5, 5.41) is 16.2. The topological polar surface area (TPSA) is 72.5 Å². The quantitative estimate of drug-likeness (QED) is 0.669. The zero-order valence-corrected chi connectivity index (χ0v) is 10.6. The third kappa shape index (κ3) is 2.16. The molecule has 0 radical (unpaired) electrons. The van der Waals surface area contributed by atoms with Crippen molar-refractivity contribution in [2.45, 2.75) is 19.4 Å². The van der Waals surface area contributed by atoms with Gasteiger partial charge < -0.3 is 9.94 Å². The van der Waals surface area contributed by atoms with Gasteiger partial charge in [-0.25, -0.2) is 4.98 Å². The van der Waals surface area contributed by atoms with E-state index in [1.807, 2.05) is 25.2 Å². The first kappa shape index (κ1) is 11.7. The van der Waals surface area contributed by atoms with Gasteiger partial charge >= 0.3 is 0 Å². The Balaban J connectivity index is 1.75. The first-order valence-corrected chi connectivity index (χ1v) is 6.08. The summed E-state index contributed by atoms with van der Waals surface area (Å²) < 4.78 is 7.38. The van der Waals surface area contributed by atoms with Gasteiger partial charge in [0.15, 0.2) is 5.82 Å². The summed E-state index contributed by atoms with van der Waals surface area (Å²) in [5.74, 6) is 1.57. The largest absolute Gasteiger partial charge is 0.486 e. The molecule has 0 spiro atoms. The Labute approximate surface area is 110 Å². The molecule has 0 aliphatic heterocycles. The van der Waals surface area contributed by atoms with Gasteiger partial charge in [-0.05, 0) is 36.6 Å². The molecule has 19 heavy (non-hydrogen) atoms. The molecule has 1 heterocycles. The lowest BCUT2D eigenvalue weighted by molar-refractivity contribution is 0.289. The molecule has 3 rings (SSSR count). The van der Waals surface area contributed by atoms with Gasteiger partial charge in [-0.15, -0.1) is 0 Å². The minimum atomic E-state index is 0.385. The molecule has 0 unspecified atom stereocenters. The average molecular weight is 258 g/mol. The van der Waals surface area contributed by atoms with Gasteiger partial charge in [-0.2, -0.15) is 5.10 Å². The van der Waals surface area contributed by atoms with Crippen molar-refractivity contribution in [2.75, 3.05) is 0 Å². The van der Waals surface area contributed by atoms with Crippen molar-refractivity contribution >= 4 is 5.71 Å². The molecule has 98 valence electrons. The van der Waals surface area contributed by atoms with Crippen molar-refractivity contribution in [3.8, 4) is 5.75 Å². The highest BCUT2D eigenvalue weighted by atomic mass is 16.5. The molecule has 0 fully saturated rings. The first-order chi connectivity index (χ1) is 9.28. The highest BCUT2D eigenvalue weighted by Gasteiger charge is 2.18. The van der Waals surface area contributed by atoms with E-state index in [9.17, 15) is 0 Å². The number of aryl methyl sites for hydroxylation is 2. The van der Waals surface area contributed by atoms with E-state index in [1.165, 1.54) is 6.33 Å². The van der Waals surface area contributed by atoms with E-state index in [-0.39, 0.29) is 0 Å². The molecular formula is C13H14N4O2. The van der Waals surface area contributed by atoms with Crippen molar-refractivity contribution in [1.29, 1.82) is 0 Å². The Kier molecular flexibility index (Phi) is 2.91. The van der Waals surface area contributed by atoms with E-state index >= 15 is 0 Å². The fraction of sp³-hybridized carbons (Fsp3) is 0.308. The molecule has 6 nitrogen and oxygen atoms in total. The third-order valence-electron chi connectivity index (χ3n) is 3.31. The van der Waals surface area contributed by atoms with Crippen LogP contribution in [0.5, 0.6) is 5.75 Å². The highest BCUT2D eigenvalue weighted by molar-refractivity contribution is 6.04. The van der Waals surface area contributed by atoms with Crippen molar-refractivity contribution in [3.05, 3.63) is 41.5 Å². The van der Waals surface area contributed by atoms with Crippen molar-refractivity contribution < 1.29 is 9.94 Å². The third-order valence-corrected chi connectivity index (χ3v) is 3.31. The Morgan fingerprint density at radius 1 is 1.42 bits per heavy atom. The van der Waals surface area contributed by atoms with E-state index in [0.29, 0.717) is 6.61 Å². The highest BCUT2D eigenvalue weighted by Crippen LogP contribution is 2.26. The first-order valence-electron chi connectivity index (χ1n) is 6.08. The molecule has 1 aliphatic rings. The molecule has 0 amide bonds. The van der Waals surface area contributed by atoms with E-state index in [1.54, 1.807) is 4.68 Å². The second-order valence-corrected chi connectivity index (χ2v) is 4.45. The number of hydrogen-bond acceptors (Lipinski definition) is 5. The molecule has 1 N–H and O–H groups in total. The molecular weight excluding hydrogens is 244 g/mol. The van der Waals surface area contributed by atoms with Gasteiger partial charge in [-0.3, -0.25) is 4.68 Å². The fourth-order valence-corrected chi connectivity index (χ4v) is 2.24. The summed E-state index contributed by atoms with van der Waals surface area (Å²) in [6.07, 6.45) is 3.17. The van der Waals surface area contributed by atoms with Gasteiger partial charge in [-0.1, -0.05) is 5.16 Å². The number of oxime groups is 1. The van der Waals surface area contributed by atoms with Crippen LogP contribution in [0.25, 0.3) is 0 Å². The van der Waals surface area contributed by atoms with Gasteiger partial charge in [0, 0.05) is 12.6 Å². The number of rotatable bonds is 3. The number of benzene rings is 1. The van der Waals surface area contributed by atoms with Crippen LogP contribution in [-0.2, 0) is 20.1 Å². The molecule has 6 heteroatoms. The van der Waals surface area contributed by atoms with Crippen LogP contribution in [-0.4, -0.2) is 25.7 Å². The molecule has 1 aliphatic carbocycles. The Hall–Kier alpha value is -2.37. The number of hydrogen-bond donors (Lipinski definition) is 1. The van der Waals surface area contributed by atoms with Gasteiger partial charge in [0.05, 0.1) is 5.71 Å². The Bertz CT molecular complexity index is 633. The molecule has 2 aromatic rings. The molecule has 0 saturated carbocycles. The van der Waals surface area contributed by atoms with Crippen LogP contribution in [0.1, 0.15) is 23.4 Å². The maximum Gasteiger partial charge on any atom is 0.164 e. The van der Waals surface area contributed by atoms with Crippen molar-refractivity contribution in [3.63, 3.8) is 0 Å². The zero-order valence-electron chi connectivity index (χ0n) is 10.6. The molecule has 0 saturated heterocycles. The van der Waals surface area contributed by atoms with Crippen LogP contribution >= 0.6 is 0 Å². The Morgan fingerprint density at radius 2 is 2.32 bits per heavy atom. The molecule has 1 aromatic heterocycles. The van der Waals surface area contributed by atoms with Gasteiger partial charge in [0.25, 0.3) is 0 Å². The molecule has 0 bridgehead atoms. The summed E-state index contributed by atoms with van der Waals surface area (Å²) in [7, 11) is 1.83. The number of nitrogens with zero attached hydrogens (tertiary/aromatic N) is 4. The summed E-state index contributed by atoms with van der Waals surface area (Å²) in [4.78, 5) is 4.10. The zero-order chi connectivity index (χ0) is 13.2. The fourth-order valence-electron chi connectivity index (χ4n) is 2.24. The molecule has 1 aromatic carbocycles. The maximum absolute atomic E-state index is 8.88.